The standard InChI is InChI=1S/C25H28N4O/c1-15-13-16(2)23(17(3)14-15)29-21-8-6-5-7-20(21)22-24(26-18(4)27-25(22)29)28(11-12-30)19-9-10-19/h5-8,13-14,19,30H,9-12H2,1-4H3. The second-order valence-corrected chi connectivity index (χ2v) is 8.54. The third-order valence-electron chi connectivity index (χ3n) is 6.07. The van der Waals surface area contributed by atoms with E-state index in [1.807, 2.05) is 6.92 Å². The molecule has 1 fully saturated rings. The lowest BCUT2D eigenvalue weighted by molar-refractivity contribution is 0.301. The van der Waals surface area contributed by atoms with Crippen molar-refractivity contribution in [3.8, 4) is 5.69 Å². The molecule has 154 valence electrons. The molecule has 0 amide bonds. The predicted molar refractivity (Wildman–Crippen MR) is 123 cm³/mol. The van der Waals surface area contributed by atoms with Gasteiger partial charge in [-0.15, -0.1) is 0 Å². The fourth-order valence-corrected chi connectivity index (χ4v) is 4.85. The second-order valence-electron chi connectivity index (χ2n) is 8.54. The number of aryl methyl sites for hydroxylation is 4. The van der Waals surface area contributed by atoms with E-state index in [-0.39, 0.29) is 6.61 Å². The van der Waals surface area contributed by atoms with E-state index in [0.717, 1.165) is 46.4 Å². The molecule has 0 bridgehead atoms. The lowest BCUT2D eigenvalue weighted by Gasteiger charge is -2.24. The number of para-hydroxylation sites is 1. The molecule has 1 saturated carbocycles. The van der Waals surface area contributed by atoms with E-state index in [4.69, 9.17) is 9.97 Å². The van der Waals surface area contributed by atoms with Gasteiger partial charge in [0, 0.05) is 18.0 Å². The number of hydrogen-bond donors (Lipinski definition) is 1. The van der Waals surface area contributed by atoms with Crippen LogP contribution in [0.15, 0.2) is 36.4 Å². The first-order chi connectivity index (χ1) is 14.5. The third kappa shape index (κ3) is 2.96. The van der Waals surface area contributed by atoms with Gasteiger partial charge in [-0.2, -0.15) is 0 Å². The highest BCUT2D eigenvalue weighted by molar-refractivity contribution is 6.13. The highest BCUT2D eigenvalue weighted by Gasteiger charge is 2.32. The van der Waals surface area contributed by atoms with Crippen molar-refractivity contribution in [2.45, 2.75) is 46.6 Å². The van der Waals surface area contributed by atoms with Crippen LogP contribution in [0.1, 0.15) is 35.4 Å². The SMILES string of the molecule is Cc1cc(C)c(-n2c3ccccc3c3c(N(CCO)C4CC4)nc(C)nc32)c(C)c1. The normalized spacial score (nSPS) is 14.0. The monoisotopic (exact) mass is 400 g/mol. The van der Waals surface area contributed by atoms with Gasteiger partial charge in [-0.25, -0.2) is 9.97 Å². The Morgan fingerprint density at radius 3 is 2.40 bits per heavy atom. The minimum atomic E-state index is 0.121. The molecule has 30 heavy (non-hydrogen) atoms. The van der Waals surface area contributed by atoms with Gasteiger partial charge in [0.05, 0.1) is 23.2 Å². The maximum absolute atomic E-state index is 9.72. The number of hydrogen-bond acceptors (Lipinski definition) is 4. The third-order valence-corrected chi connectivity index (χ3v) is 6.07. The van der Waals surface area contributed by atoms with E-state index < -0.39 is 0 Å². The van der Waals surface area contributed by atoms with Gasteiger partial charge in [-0.3, -0.25) is 4.57 Å². The Hall–Kier alpha value is -2.92. The zero-order valence-electron chi connectivity index (χ0n) is 18.1. The largest absolute Gasteiger partial charge is 0.395 e. The van der Waals surface area contributed by atoms with Crippen molar-refractivity contribution in [3.63, 3.8) is 0 Å². The minimum Gasteiger partial charge on any atom is -0.395 e. The fraction of sp³-hybridized carbons (Fsp3) is 0.360. The van der Waals surface area contributed by atoms with Crippen LogP contribution in [0.5, 0.6) is 0 Å². The van der Waals surface area contributed by atoms with E-state index in [1.165, 1.54) is 22.4 Å². The topological polar surface area (TPSA) is 54.2 Å². The number of anilines is 1. The van der Waals surface area contributed by atoms with Crippen LogP contribution in [0.25, 0.3) is 27.6 Å². The first-order valence-electron chi connectivity index (χ1n) is 10.7. The van der Waals surface area contributed by atoms with Crippen molar-refractivity contribution in [3.05, 3.63) is 58.9 Å². The summed E-state index contributed by atoms with van der Waals surface area (Å²) < 4.78 is 2.30. The zero-order valence-corrected chi connectivity index (χ0v) is 18.1. The summed E-state index contributed by atoms with van der Waals surface area (Å²) in [6.07, 6.45) is 2.30. The summed E-state index contributed by atoms with van der Waals surface area (Å²) in [4.78, 5) is 12.1. The van der Waals surface area contributed by atoms with Crippen LogP contribution >= 0.6 is 0 Å². The number of benzene rings is 2. The van der Waals surface area contributed by atoms with Crippen molar-refractivity contribution in [2.24, 2.45) is 0 Å². The molecule has 0 aliphatic heterocycles. The summed E-state index contributed by atoms with van der Waals surface area (Å²) in [6, 6.07) is 13.4. The van der Waals surface area contributed by atoms with Crippen LogP contribution in [0, 0.1) is 27.7 Å². The molecular weight excluding hydrogens is 372 g/mol. The molecule has 1 aliphatic carbocycles. The Morgan fingerprint density at radius 1 is 1.03 bits per heavy atom. The van der Waals surface area contributed by atoms with Crippen molar-refractivity contribution >= 4 is 27.8 Å². The first-order valence-corrected chi connectivity index (χ1v) is 10.7. The Morgan fingerprint density at radius 2 is 1.73 bits per heavy atom. The summed E-state index contributed by atoms with van der Waals surface area (Å²) in [7, 11) is 0. The Labute approximate surface area is 177 Å². The smallest absolute Gasteiger partial charge is 0.151 e. The molecule has 4 aromatic rings. The lowest BCUT2D eigenvalue weighted by atomic mass is 10.0. The van der Waals surface area contributed by atoms with Crippen LogP contribution in [0.4, 0.5) is 5.82 Å². The maximum Gasteiger partial charge on any atom is 0.151 e. The van der Waals surface area contributed by atoms with E-state index in [2.05, 4.69) is 66.6 Å². The van der Waals surface area contributed by atoms with Gasteiger partial charge in [0.1, 0.15) is 11.6 Å². The van der Waals surface area contributed by atoms with Gasteiger partial charge < -0.3 is 10.0 Å². The van der Waals surface area contributed by atoms with Gasteiger partial charge in [-0.05, 0) is 57.7 Å². The number of nitrogens with zero attached hydrogens (tertiary/aromatic N) is 4. The van der Waals surface area contributed by atoms with Crippen molar-refractivity contribution < 1.29 is 5.11 Å². The molecule has 5 nitrogen and oxygen atoms in total. The lowest BCUT2D eigenvalue weighted by Crippen LogP contribution is -2.30. The summed E-state index contributed by atoms with van der Waals surface area (Å²) in [5.41, 5.74) is 7.02. The molecular formula is C25H28N4O. The zero-order chi connectivity index (χ0) is 21.0. The Bertz CT molecular complexity index is 1250. The summed E-state index contributed by atoms with van der Waals surface area (Å²) >= 11 is 0. The summed E-state index contributed by atoms with van der Waals surface area (Å²) in [6.45, 7) is 9.17. The highest BCUT2D eigenvalue weighted by Crippen LogP contribution is 2.40. The van der Waals surface area contributed by atoms with Crippen LogP contribution in [0.2, 0.25) is 0 Å². The van der Waals surface area contributed by atoms with E-state index in [9.17, 15) is 5.11 Å². The van der Waals surface area contributed by atoms with Crippen molar-refractivity contribution in [1.82, 2.24) is 14.5 Å². The first kappa shape index (κ1) is 19.1. The molecule has 0 unspecified atom stereocenters. The predicted octanol–water partition coefficient (Wildman–Crippen LogP) is 4.77. The van der Waals surface area contributed by atoms with Gasteiger partial charge >= 0.3 is 0 Å². The van der Waals surface area contributed by atoms with Crippen molar-refractivity contribution in [2.75, 3.05) is 18.1 Å². The number of rotatable bonds is 5. The number of aliphatic hydroxyl groups is 1. The second kappa shape index (κ2) is 7.10. The molecule has 0 radical (unpaired) electrons. The van der Waals surface area contributed by atoms with E-state index in [0.29, 0.717) is 12.6 Å². The summed E-state index contributed by atoms with van der Waals surface area (Å²) in [5.74, 6) is 1.71. The molecule has 0 saturated heterocycles. The molecule has 2 aromatic heterocycles. The minimum absolute atomic E-state index is 0.121. The maximum atomic E-state index is 9.72. The summed E-state index contributed by atoms with van der Waals surface area (Å²) in [5, 5.41) is 12.0. The van der Waals surface area contributed by atoms with Gasteiger partial charge in [0.25, 0.3) is 0 Å². The van der Waals surface area contributed by atoms with E-state index >= 15 is 0 Å². The average Bonchev–Trinajstić information content (AvgIpc) is 3.49. The number of fused-ring (bicyclic) bond motifs is 3. The molecule has 0 spiro atoms. The van der Waals surface area contributed by atoms with E-state index in [1.54, 1.807) is 0 Å². The Kier molecular flexibility index (Phi) is 4.51. The highest BCUT2D eigenvalue weighted by atomic mass is 16.3. The molecule has 2 aromatic carbocycles. The molecule has 0 atom stereocenters. The molecule has 2 heterocycles. The van der Waals surface area contributed by atoms with Crippen LogP contribution in [0.3, 0.4) is 0 Å². The van der Waals surface area contributed by atoms with Gasteiger partial charge in [0.15, 0.2) is 5.65 Å². The average molecular weight is 401 g/mol. The molecule has 5 rings (SSSR count). The van der Waals surface area contributed by atoms with Gasteiger partial charge in [-0.1, -0.05) is 35.9 Å². The fourth-order valence-electron chi connectivity index (χ4n) is 4.85. The van der Waals surface area contributed by atoms with Crippen LogP contribution in [-0.4, -0.2) is 38.8 Å². The number of aromatic nitrogens is 3. The van der Waals surface area contributed by atoms with Gasteiger partial charge in [0.2, 0.25) is 0 Å². The number of aliphatic hydroxyl groups excluding tert-OH is 1. The van der Waals surface area contributed by atoms with Crippen LogP contribution in [-0.2, 0) is 0 Å². The quantitative estimate of drug-likeness (QED) is 0.524. The molecule has 5 heteroatoms. The van der Waals surface area contributed by atoms with Crippen LogP contribution < -0.4 is 4.90 Å². The van der Waals surface area contributed by atoms with Crippen molar-refractivity contribution in [1.29, 1.82) is 0 Å². The molecule has 1 N–H and O–H groups in total. The molecule has 1 aliphatic rings. The Balaban J connectivity index is 1.91.